The summed E-state index contributed by atoms with van der Waals surface area (Å²) in [6, 6.07) is 25.9. The van der Waals surface area contributed by atoms with Gasteiger partial charge in [-0.15, -0.1) is 0 Å². The number of anilines is 2. The van der Waals surface area contributed by atoms with Crippen LogP contribution in [0.3, 0.4) is 0 Å². The topological polar surface area (TPSA) is 70.1 Å². The lowest BCUT2D eigenvalue weighted by Crippen LogP contribution is -2.40. The number of fused-ring (bicyclic) bond motifs is 1. The average Bonchev–Trinajstić information content (AvgIpc) is 2.94. The van der Waals surface area contributed by atoms with Gasteiger partial charge >= 0.3 is 5.97 Å². The van der Waals surface area contributed by atoms with Gasteiger partial charge in [0.1, 0.15) is 18.9 Å². The maximum absolute atomic E-state index is 13.6. The molecule has 1 amide bonds. The number of carbonyl (C=O) groups excluding carboxylic acids is 2. The van der Waals surface area contributed by atoms with Gasteiger partial charge < -0.3 is 19.6 Å². The third kappa shape index (κ3) is 6.98. The molecule has 1 aliphatic rings. The summed E-state index contributed by atoms with van der Waals surface area (Å²) >= 11 is 0. The minimum absolute atomic E-state index is 0.129. The lowest BCUT2D eigenvalue weighted by atomic mass is 9.82. The normalized spacial score (nSPS) is 14.5. The summed E-state index contributed by atoms with van der Waals surface area (Å²) in [6.45, 7) is 3.24. The number of hydrogen-bond donors (Lipinski definition) is 1. The van der Waals surface area contributed by atoms with E-state index >= 15 is 0 Å². The van der Waals surface area contributed by atoms with Crippen LogP contribution in [-0.4, -0.2) is 48.1 Å². The highest BCUT2D eigenvalue weighted by molar-refractivity contribution is 5.84. The number of esters is 1. The first-order valence-electron chi connectivity index (χ1n) is 13.2. The van der Waals surface area contributed by atoms with Gasteiger partial charge in [0.05, 0.1) is 0 Å². The summed E-state index contributed by atoms with van der Waals surface area (Å²) < 4.78 is 5.32. The van der Waals surface area contributed by atoms with Gasteiger partial charge in [-0.2, -0.15) is 0 Å². The lowest BCUT2D eigenvalue weighted by molar-refractivity contribution is -0.137. The van der Waals surface area contributed by atoms with Crippen molar-refractivity contribution >= 4 is 23.3 Å². The van der Waals surface area contributed by atoms with E-state index in [2.05, 4.69) is 17.9 Å². The first kappa shape index (κ1) is 26.4. The van der Waals surface area contributed by atoms with E-state index in [4.69, 9.17) is 9.84 Å². The fraction of sp³-hybridized carbons (Fsp3) is 0.355. The van der Waals surface area contributed by atoms with Crippen LogP contribution in [0.15, 0.2) is 78.9 Å². The Hall–Kier alpha value is -3.64. The van der Waals surface area contributed by atoms with Crippen LogP contribution in [0.25, 0.3) is 0 Å². The number of para-hydroxylation sites is 2. The van der Waals surface area contributed by atoms with Crippen molar-refractivity contribution < 1.29 is 19.4 Å². The predicted molar refractivity (Wildman–Crippen MR) is 146 cm³/mol. The Bertz CT molecular complexity index is 1130. The minimum Gasteiger partial charge on any atom is -0.425 e. The smallest absolute Gasteiger partial charge is 0.337 e. The van der Waals surface area contributed by atoms with Gasteiger partial charge in [-0.3, -0.25) is 4.79 Å². The molecule has 1 atom stereocenters. The zero-order valence-electron chi connectivity index (χ0n) is 21.5. The van der Waals surface area contributed by atoms with Crippen LogP contribution in [0.1, 0.15) is 37.3 Å². The number of nitrogens with zero attached hydrogens (tertiary/aromatic N) is 2. The fourth-order valence-corrected chi connectivity index (χ4v) is 5.10. The summed E-state index contributed by atoms with van der Waals surface area (Å²) in [7, 11) is 0. The molecule has 6 nitrogen and oxygen atoms in total. The first-order chi connectivity index (χ1) is 18.1. The van der Waals surface area contributed by atoms with Crippen molar-refractivity contribution in [3.8, 4) is 5.75 Å². The summed E-state index contributed by atoms with van der Waals surface area (Å²) in [5, 5.41) is 9.03. The molecular formula is C31H36N2O4. The van der Waals surface area contributed by atoms with Gasteiger partial charge in [-0.25, -0.2) is 4.79 Å². The molecule has 3 aromatic carbocycles. The molecule has 37 heavy (non-hydrogen) atoms. The highest BCUT2D eigenvalue weighted by Gasteiger charge is 2.24. The first-order valence-corrected chi connectivity index (χ1v) is 13.2. The zero-order chi connectivity index (χ0) is 26.0. The Kier molecular flexibility index (Phi) is 9.33. The molecule has 1 N–H and O–H groups in total. The highest BCUT2D eigenvalue weighted by atomic mass is 16.5. The van der Waals surface area contributed by atoms with Crippen LogP contribution >= 0.6 is 0 Å². The van der Waals surface area contributed by atoms with Crippen molar-refractivity contribution in [3.63, 3.8) is 0 Å². The highest BCUT2D eigenvalue weighted by Crippen LogP contribution is 2.34. The monoisotopic (exact) mass is 500 g/mol. The maximum Gasteiger partial charge on any atom is 0.337 e. The second kappa shape index (κ2) is 13.1. The van der Waals surface area contributed by atoms with Gasteiger partial charge in [0.15, 0.2) is 0 Å². The van der Waals surface area contributed by atoms with E-state index in [9.17, 15) is 9.59 Å². The van der Waals surface area contributed by atoms with Gasteiger partial charge in [-0.05, 0) is 79.5 Å². The van der Waals surface area contributed by atoms with Gasteiger partial charge in [0, 0.05) is 24.5 Å². The SMILES string of the molecule is CCCN(CCC1CCc2c(cccc2OC(=O)CO)C1)C(=O)CN(c1ccccc1)c1ccccc1. The van der Waals surface area contributed by atoms with E-state index in [1.165, 1.54) is 5.56 Å². The molecule has 0 heterocycles. The van der Waals surface area contributed by atoms with Gasteiger partial charge in [-0.1, -0.05) is 55.5 Å². The molecule has 194 valence electrons. The molecule has 0 saturated carbocycles. The number of aliphatic hydroxyl groups excluding tert-OH is 1. The standard InChI is InChI=1S/C31H36N2O4/c1-2-19-32(30(35)22-33(26-11-5-3-6-12-26)27-13-7-4-8-14-27)20-18-24-16-17-28-25(21-24)10-9-15-29(28)37-31(36)23-34/h3-15,24,34H,2,16-23H2,1H3. The van der Waals surface area contributed by atoms with E-state index in [1.54, 1.807) is 6.07 Å². The summed E-state index contributed by atoms with van der Waals surface area (Å²) in [5.41, 5.74) is 4.25. The molecule has 6 heteroatoms. The maximum atomic E-state index is 13.6. The number of rotatable bonds is 11. The Morgan fingerprint density at radius 3 is 2.22 bits per heavy atom. The van der Waals surface area contributed by atoms with E-state index < -0.39 is 12.6 Å². The van der Waals surface area contributed by atoms with Crippen molar-refractivity contribution in [2.45, 2.75) is 39.0 Å². The molecule has 0 radical (unpaired) electrons. The third-order valence-corrected chi connectivity index (χ3v) is 6.98. The molecule has 1 aliphatic carbocycles. The fourth-order valence-electron chi connectivity index (χ4n) is 5.10. The Morgan fingerprint density at radius 2 is 1.59 bits per heavy atom. The van der Waals surface area contributed by atoms with Crippen molar-refractivity contribution in [3.05, 3.63) is 90.0 Å². The van der Waals surface area contributed by atoms with E-state index in [0.29, 0.717) is 18.2 Å². The summed E-state index contributed by atoms with van der Waals surface area (Å²) in [6.07, 6.45) is 4.55. The Morgan fingerprint density at radius 1 is 0.919 bits per heavy atom. The molecule has 1 unspecified atom stereocenters. The Labute approximate surface area is 219 Å². The van der Waals surface area contributed by atoms with E-state index in [0.717, 1.165) is 62.1 Å². The largest absolute Gasteiger partial charge is 0.425 e. The van der Waals surface area contributed by atoms with E-state index in [1.807, 2.05) is 71.6 Å². The lowest BCUT2D eigenvalue weighted by Gasteiger charge is -2.31. The number of carbonyl (C=O) groups is 2. The molecule has 0 saturated heterocycles. The van der Waals surface area contributed by atoms with Crippen LogP contribution in [0, 0.1) is 5.92 Å². The number of aliphatic hydroxyl groups is 1. The molecule has 0 aliphatic heterocycles. The summed E-state index contributed by atoms with van der Waals surface area (Å²) in [4.78, 5) is 29.2. The van der Waals surface area contributed by atoms with Crippen LogP contribution in [0.2, 0.25) is 0 Å². The van der Waals surface area contributed by atoms with Crippen LogP contribution < -0.4 is 9.64 Å². The number of amides is 1. The second-order valence-electron chi connectivity index (χ2n) is 9.56. The second-order valence-corrected chi connectivity index (χ2v) is 9.56. The molecule has 0 aromatic heterocycles. The number of benzene rings is 3. The minimum atomic E-state index is -0.635. The molecule has 0 spiro atoms. The molecule has 0 fully saturated rings. The van der Waals surface area contributed by atoms with Crippen molar-refractivity contribution in [2.75, 3.05) is 31.1 Å². The summed E-state index contributed by atoms with van der Waals surface area (Å²) in [5.74, 6) is 0.510. The van der Waals surface area contributed by atoms with Crippen molar-refractivity contribution in [1.29, 1.82) is 0 Å². The zero-order valence-corrected chi connectivity index (χ0v) is 21.5. The third-order valence-electron chi connectivity index (χ3n) is 6.98. The van der Waals surface area contributed by atoms with Crippen molar-refractivity contribution in [2.24, 2.45) is 5.92 Å². The predicted octanol–water partition coefficient (Wildman–Crippen LogP) is 5.16. The molecule has 4 rings (SSSR count). The van der Waals surface area contributed by atoms with Crippen molar-refractivity contribution in [1.82, 2.24) is 4.90 Å². The molecule has 3 aromatic rings. The number of hydrogen-bond acceptors (Lipinski definition) is 5. The van der Waals surface area contributed by atoms with Crippen LogP contribution in [0.4, 0.5) is 11.4 Å². The van der Waals surface area contributed by atoms with Crippen LogP contribution in [0.5, 0.6) is 5.75 Å². The molecule has 0 bridgehead atoms. The van der Waals surface area contributed by atoms with Crippen LogP contribution in [-0.2, 0) is 22.4 Å². The van der Waals surface area contributed by atoms with Gasteiger partial charge in [0.2, 0.25) is 5.91 Å². The average molecular weight is 501 g/mol. The van der Waals surface area contributed by atoms with E-state index in [-0.39, 0.29) is 5.91 Å². The quantitative estimate of drug-likeness (QED) is 0.291. The number of ether oxygens (including phenoxy) is 1. The Balaban J connectivity index is 1.41. The van der Waals surface area contributed by atoms with Gasteiger partial charge in [0.25, 0.3) is 0 Å². The molecular weight excluding hydrogens is 464 g/mol.